The number of sulfonamides is 1. The molecule has 0 aliphatic carbocycles. The van der Waals surface area contributed by atoms with Gasteiger partial charge in [0.15, 0.2) is 0 Å². The molecule has 10 heteroatoms. The van der Waals surface area contributed by atoms with E-state index in [0.717, 1.165) is 16.2 Å². The largest absolute Gasteiger partial charge is 0.419 e. The number of fused-ring (bicyclic) bond motifs is 1. The maximum Gasteiger partial charge on any atom is 0.419 e. The van der Waals surface area contributed by atoms with Crippen molar-refractivity contribution in [3.63, 3.8) is 0 Å². The second kappa shape index (κ2) is 7.02. The first kappa shape index (κ1) is 19.2. The van der Waals surface area contributed by atoms with Crippen LogP contribution < -0.4 is 4.90 Å². The summed E-state index contributed by atoms with van der Waals surface area (Å²) in [5, 5.41) is 0.855. The van der Waals surface area contributed by atoms with E-state index in [1.54, 1.807) is 6.07 Å². The second-order valence-electron chi connectivity index (χ2n) is 6.37. The molecule has 1 aromatic carbocycles. The van der Waals surface area contributed by atoms with Crippen LogP contribution in [-0.4, -0.2) is 43.9 Å². The Labute approximate surface area is 164 Å². The van der Waals surface area contributed by atoms with Gasteiger partial charge in [-0.15, -0.1) is 11.3 Å². The van der Waals surface area contributed by atoms with E-state index in [1.165, 1.54) is 32.8 Å². The first-order valence-corrected chi connectivity index (χ1v) is 10.8. The van der Waals surface area contributed by atoms with Gasteiger partial charge >= 0.3 is 6.18 Å². The topological polar surface area (TPSA) is 53.5 Å². The Balaban J connectivity index is 1.54. The molecule has 0 unspecified atom stereocenters. The van der Waals surface area contributed by atoms with Crippen LogP contribution in [0, 0.1) is 0 Å². The second-order valence-corrected chi connectivity index (χ2v) is 9.62. The van der Waals surface area contributed by atoms with Gasteiger partial charge in [-0.25, -0.2) is 13.4 Å². The van der Waals surface area contributed by atoms with Gasteiger partial charge in [-0.3, -0.25) is 0 Å². The van der Waals surface area contributed by atoms with Crippen molar-refractivity contribution in [2.24, 2.45) is 0 Å². The van der Waals surface area contributed by atoms with E-state index in [1.807, 2.05) is 24.3 Å². The summed E-state index contributed by atoms with van der Waals surface area (Å²) in [7, 11) is -3.69. The van der Waals surface area contributed by atoms with Gasteiger partial charge in [0.05, 0.1) is 5.56 Å². The van der Waals surface area contributed by atoms with Crippen molar-refractivity contribution in [1.29, 1.82) is 0 Å². The third kappa shape index (κ3) is 3.47. The zero-order valence-electron chi connectivity index (χ0n) is 14.6. The van der Waals surface area contributed by atoms with Gasteiger partial charge in [-0.05, 0) is 29.7 Å². The van der Waals surface area contributed by atoms with Crippen molar-refractivity contribution in [2.75, 3.05) is 31.1 Å². The Bertz CT molecular complexity index is 1070. The number of rotatable bonds is 3. The number of aromatic nitrogens is 1. The van der Waals surface area contributed by atoms with Gasteiger partial charge in [0.1, 0.15) is 10.0 Å². The fourth-order valence-electron chi connectivity index (χ4n) is 3.22. The highest BCUT2D eigenvalue weighted by Gasteiger charge is 2.37. The first-order chi connectivity index (χ1) is 13.3. The zero-order valence-corrected chi connectivity index (χ0v) is 16.2. The summed E-state index contributed by atoms with van der Waals surface area (Å²) in [5.74, 6) is -0.158. The molecule has 0 bridgehead atoms. The molecule has 2 aromatic heterocycles. The van der Waals surface area contributed by atoms with Crippen molar-refractivity contribution in [2.45, 2.75) is 10.4 Å². The number of halogens is 3. The highest BCUT2D eigenvalue weighted by molar-refractivity contribution is 7.91. The average Bonchev–Trinajstić information content (AvgIpc) is 3.13. The summed E-state index contributed by atoms with van der Waals surface area (Å²) in [6.45, 7) is 0.489. The lowest BCUT2D eigenvalue weighted by atomic mass is 10.2. The summed E-state index contributed by atoms with van der Waals surface area (Å²) >= 11 is 1.20. The van der Waals surface area contributed by atoms with Crippen molar-refractivity contribution in [3.05, 3.63) is 54.2 Å². The Morgan fingerprint density at radius 2 is 1.71 bits per heavy atom. The van der Waals surface area contributed by atoms with E-state index in [0.29, 0.717) is 0 Å². The molecular weight excluding hydrogens is 411 g/mol. The number of nitrogens with zero attached hydrogens (tertiary/aromatic N) is 3. The van der Waals surface area contributed by atoms with Gasteiger partial charge in [0.2, 0.25) is 0 Å². The van der Waals surface area contributed by atoms with Crippen LogP contribution in [0.2, 0.25) is 0 Å². The molecule has 5 nitrogen and oxygen atoms in total. The highest BCUT2D eigenvalue weighted by Crippen LogP contribution is 2.36. The predicted molar refractivity (Wildman–Crippen MR) is 102 cm³/mol. The van der Waals surface area contributed by atoms with E-state index >= 15 is 0 Å². The third-order valence-electron chi connectivity index (χ3n) is 4.63. The standard InChI is InChI=1S/C18H16F3N3O2S2/c19-18(20,21)14-5-3-7-22-17(14)23-8-10-24(11-9-23)28(25,26)16-12-13-4-1-2-6-15(13)27-16/h1-7,12H,8-11H2. The molecule has 148 valence electrons. The summed E-state index contributed by atoms with van der Waals surface area (Å²) in [6, 6.07) is 11.3. The predicted octanol–water partition coefficient (Wildman–Crippen LogP) is 3.83. The Hall–Kier alpha value is -2.17. The monoisotopic (exact) mass is 427 g/mol. The fraction of sp³-hybridized carbons (Fsp3) is 0.278. The maximum atomic E-state index is 13.2. The van der Waals surface area contributed by atoms with Gasteiger partial charge in [-0.1, -0.05) is 18.2 Å². The number of thiophene rings is 1. The maximum absolute atomic E-state index is 13.2. The molecule has 3 aromatic rings. The van der Waals surface area contributed by atoms with E-state index in [-0.39, 0.29) is 36.2 Å². The van der Waals surface area contributed by atoms with Gasteiger partial charge < -0.3 is 4.90 Å². The van der Waals surface area contributed by atoms with Crippen LogP contribution in [0.5, 0.6) is 0 Å². The molecular formula is C18H16F3N3O2S2. The third-order valence-corrected chi connectivity index (χ3v) is 8.09. The number of hydrogen-bond acceptors (Lipinski definition) is 5. The van der Waals surface area contributed by atoms with E-state index in [9.17, 15) is 21.6 Å². The fourth-order valence-corrected chi connectivity index (χ4v) is 6.20. The summed E-state index contributed by atoms with van der Waals surface area (Å²) in [5.41, 5.74) is -0.809. The normalized spacial score (nSPS) is 16.6. The average molecular weight is 427 g/mol. The van der Waals surface area contributed by atoms with Crippen molar-refractivity contribution >= 4 is 37.3 Å². The quantitative estimate of drug-likeness (QED) is 0.638. The van der Waals surface area contributed by atoms with E-state index < -0.39 is 21.8 Å². The molecule has 1 aliphatic rings. The van der Waals surface area contributed by atoms with Crippen LogP contribution in [-0.2, 0) is 16.2 Å². The number of anilines is 1. The van der Waals surface area contributed by atoms with Crippen LogP contribution >= 0.6 is 11.3 Å². The Morgan fingerprint density at radius 3 is 2.39 bits per heavy atom. The van der Waals surface area contributed by atoms with E-state index in [2.05, 4.69) is 4.98 Å². The lowest BCUT2D eigenvalue weighted by Gasteiger charge is -2.35. The molecule has 0 radical (unpaired) electrons. The minimum absolute atomic E-state index is 0.102. The number of benzene rings is 1. The molecule has 0 spiro atoms. The van der Waals surface area contributed by atoms with Crippen molar-refractivity contribution in [1.82, 2.24) is 9.29 Å². The number of alkyl halides is 3. The van der Waals surface area contributed by atoms with Crippen LogP contribution in [0.3, 0.4) is 0 Å². The van der Waals surface area contributed by atoms with E-state index in [4.69, 9.17) is 0 Å². The molecule has 0 amide bonds. The summed E-state index contributed by atoms with van der Waals surface area (Å²) in [6.07, 6.45) is -3.20. The number of piperazine rings is 1. The lowest BCUT2D eigenvalue weighted by molar-refractivity contribution is -0.137. The first-order valence-electron chi connectivity index (χ1n) is 8.53. The Morgan fingerprint density at radius 1 is 1.00 bits per heavy atom. The van der Waals surface area contributed by atoms with Gasteiger partial charge in [0.25, 0.3) is 10.0 Å². The van der Waals surface area contributed by atoms with Gasteiger partial charge in [-0.2, -0.15) is 17.5 Å². The smallest absolute Gasteiger partial charge is 0.353 e. The molecule has 3 heterocycles. The highest BCUT2D eigenvalue weighted by atomic mass is 32.2. The lowest BCUT2D eigenvalue weighted by Crippen LogP contribution is -2.49. The molecule has 28 heavy (non-hydrogen) atoms. The molecule has 1 saturated heterocycles. The van der Waals surface area contributed by atoms with Crippen LogP contribution in [0.15, 0.2) is 52.9 Å². The van der Waals surface area contributed by atoms with Crippen LogP contribution in [0.1, 0.15) is 5.56 Å². The van der Waals surface area contributed by atoms with Gasteiger partial charge in [0, 0.05) is 37.1 Å². The van der Waals surface area contributed by atoms with Crippen molar-refractivity contribution in [3.8, 4) is 0 Å². The SMILES string of the molecule is O=S(=O)(c1cc2ccccc2s1)N1CCN(c2ncccc2C(F)(F)F)CC1. The molecule has 0 atom stereocenters. The molecule has 1 fully saturated rings. The van der Waals surface area contributed by atoms with Crippen molar-refractivity contribution < 1.29 is 21.6 Å². The number of pyridine rings is 1. The summed E-state index contributed by atoms with van der Waals surface area (Å²) in [4.78, 5) is 5.37. The number of hydrogen-bond donors (Lipinski definition) is 0. The summed E-state index contributed by atoms with van der Waals surface area (Å²) < 4.78 is 68.0. The molecule has 0 N–H and O–H groups in total. The van der Waals surface area contributed by atoms with Crippen LogP contribution in [0.4, 0.5) is 19.0 Å². The molecule has 4 rings (SSSR count). The Kier molecular flexibility index (Phi) is 4.80. The molecule has 0 saturated carbocycles. The van der Waals surface area contributed by atoms with Crippen LogP contribution in [0.25, 0.3) is 10.1 Å². The minimum atomic E-state index is -4.51. The molecule has 1 aliphatic heterocycles. The zero-order chi connectivity index (χ0) is 19.9. The minimum Gasteiger partial charge on any atom is -0.353 e.